The van der Waals surface area contributed by atoms with Crippen LogP contribution < -0.4 is 29.6 Å². The van der Waals surface area contributed by atoms with E-state index in [1.807, 2.05) is 18.2 Å². The standard InChI is InChI=1S/C23H20BrN5O4S/c1-27-23(30)29(34)17-7-5-11-4-6-13-18(12-8-15(24)21(32-3)16(9-12)31-2)14(10-25)22(26)33-20(13)19(11)28-17/h4-9,18,34H,26H2,1-3H3,(H,27,30). The first kappa shape index (κ1) is 23.5. The van der Waals surface area contributed by atoms with Crippen molar-refractivity contribution in [3.8, 4) is 23.3 Å². The van der Waals surface area contributed by atoms with Gasteiger partial charge in [0.15, 0.2) is 17.2 Å². The first-order valence-electron chi connectivity index (χ1n) is 9.97. The third kappa shape index (κ3) is 3.85. The molecule has 0 radical (unpaired) electrons. The third-order valence-corrected chi connectivity index (χ3v) is 6.42. The molecule has 0 saturated heterocycles. The summed E-state index contributed by atoms with van der Waals surface area (Å²) in [6.45, 7) is 0. The lowest BCUT2D eigenvalue weighted by Crippen LogP contribution is -2.31. The van der Waals surface area contributed by atoms with Crippen molar-refractivity contribution in [3.05, 3.63) is 63.5 Å². The molecule has 2 amide bonds. The van der Waals surface area contributed by atoms with Crippen LogP contribution in [-0.4, -0.2) is 32.3 Å². The van der Waals surface area contributed by atoms with Gasteiger partial charge in [-0.05, 0) is 45.8 Å². The lowest BCUT2D eigenvalue weighted by Gasteiger charge is -2.28. The molecular formula is C23H20BrN5O4S. The lowest BCUT2D eigenvalue weighted by molar-refractivity contribution is 0.251. The van der Waals surface area contributed by atoms with E-state index in [2.05, 4.69) is 45.1 Å². The molecule has 0 aliphatic carbocycles. The second kappa shape index (κ2) is 9.32. The van der Waals surface area contributed by atoms with Gasteiger partial charge in [0.2, 0.25) is 5.88 Å². The SMILES string of the molecule is CNC(=O)N(S)c1ccc2ccc3c(c2n1)OC(N)=C(C#N)C3c1cc(Br)c(OC)c(OC)c1. The Balaban J connectivity index is 1.96. The van der Waals surface area contributed by atoms with Gasteiger partial charge in [-0.15, -0.1) is 0 Å². The number of carbonyl (C=O) groups excluding carboxylic acids is 1. The highest BCUT2D eigenvalue weighted by molar-refractivity contribution is 9.10. The Morgan fingerprint density at radius 3 is 2.68 bits per heavy atom. The number of rotatable bonds is 4. The van der Waals surface area contributed by atoms with Crippen LogP contribution in [0.1, 0.15) is 17.0 Å². The van der Waals surface area contributed by atoms with Gasteiger partial charge < -0.3 is 25.3 Å². The van der Waals surface area contributed by atoms with Crippen molar-refractivity contribution >= 4 is 51.5 Å². The highest BCUT2D eigenvalue weighted by Crippen LogP contribution is 2.48. The summed E-state index contributed by atoms with van der Waals surface area (Å²) in [7, 11) is 4.58. The van der Waals surface area contributed by atoms with Gasteiger partial charge in [-0.2, -0.15) is 5.26 Å². The summed E-state index contributed by atoms with van der Waals surface area (Å²) >= 11 is 7.75. The fourth-order valence-corrected chi connectivity index (χ4v) is 4.70. The number of allylic oxidation sites excluding steroid dienone is 1. The summed E-state index contributed by atoms with van der Waals surface area (Å²) in [5.41, 5.74) is 8.36. The molecule has 0 fully saturated rings. The van der Waals surface area contributed by atoms with Gasteiger partial charge in [0.1, 0.15) is 23.0 Å². The zero-order valence-electron chi connectivity index (χ0n) is 18.4. The van der Waals surface area contributed by atoms with E-state index in [1.54, 1.807) is 25.3 Å². The third-order valence-electron chi connectivity index (χ3n) is 5.44. The number of hydrogen-bond acceptors (Lipinski definition) is 8. The van der Waals surface area contributed by atoms with Crippen LogP contribution in [0.4, 0.5) is 10.6 Å². The molecule has 11 heteroatoms. The Bertz CT molecular complexity index is 1390. The van der Waals surface area contributed by atoms with Gasteiger partial charge in [0.25, 0.3) is 0 Å². The van der Waals surface area contributed by atoms with Crippen LogP contribution in [0.15, 0.2) is 52.3 Å². The number of hydrogen-bond donors (Lipinski definition) is 3. The molecule has 1 aliphatic heterocycles. The number of urea groups is 1. The molecule has 1 aromatic heterocycles. The molecule has 9 nitrogen and oxygen atoms in total. The monoisotopic (exact) mass is 541 g/mol. The number of pyridine rings is 1. The number of nitrogens with two attached hydrogens (primary N) is 1. The van der Waals surface area contributed by atoms with Crippen molar-refractivity contribution in [3.63, 3.8) is 0 Å². The maximum absolute atomic E-state index is 12.0. The number of ether oxygens (including phenoxy) is 3. The number of anilines is 1. The Kier molecular flexibility index (Phi) is 6.45. The summed E-state index contributed by atoms with van der Waals surface area (Å²) in [6.07, 6.45) is 0. The minimum Gasteiger partial charge on any atom is -0.493 e. The number of nitrogens with one attached hydrogen (secondary N) is 1. The average molecular weight is 542 g/mol. The summed E-state index contributed by atoms with van der Waals surface area (Å²) in [5, 5.41) is 13.2. The fraction of sp³-hybridized carbons (Fsp3) is 0.174. The molecule has 1 atom stereocenters. The fourth-order valence-electron chi connectivity index (χ4n) is 3.86. The number of thiol groups is 1. The van der Waals surface area contributed by atoms with Crippen molar-refractivity contribution < 1.29 is 19.0 Å². The van der Waals surface area contributed by atoms with E-state index in [0.717, 1.165) is 15.3 Å². The molecule has 0 spiro atoms. The van der Waals surface area contributed by atoms with Crippen molar-refractivity contribution in [2.75, 3.05) is 25.6 Å². The molecule has 4 rings (SSSR count). The maximum atomic E-state index is 12.0. The zero-order chi connectivity index (χ0) is 24.6. The van der Waals surface area contributed by atoms with E-state index < -0.39 is 11.9 Å². The Labute approximate surface area is 209 Å². The summed E-state index contributed by atoms with van der Waals surface area (Å²) < 4.78 is 18.6. The number of nitriles is 1. The second-order valence-corrected chi connectivity index (χ2v) is 8.51. The number of carbonyl (C=O) groups is 1. The Morgan fingerprint density at radius 2 is 2.03 bits per heavy atom. The number of fused-ring (bicyclic) bond motifs is 3. The van der Waals surface area contributed by atoms with Crippen molar-refractivity contribution in [2.24, 2.45) is 5.73 Å². The van der Waals surface area contributed by atoms with Gasteiger partial charge in [-0.3, -0.25) is 0 Å². The second-order valence-electron chi connectivity index (χ2n) is 7.26. The van der Waals surface area contributed by atoms with Gasteiger partial charge >= 0.3 is 6.03 Å². The maximum Gasteiger partial charge on any atom is 0.332 e. The lowest BCUT2D eigenvalue weighted by atomic mass is 9.83. The highest BCUT2D eigenvalue weighted by atomic mass is 79.9. The molecule has 1 unspecified atom stereocenters. The predicted molar refractivity (Wildman–Crippen MR) is 134 cm³/mol. The van der Waals surface area contributed by atoms with Gasteiger partial charge in [-0.25, -0.2) is 14.1 Å². The van der Waals surface area contributed by atoms with E-state index in [-0.39, 0.29) is 11.5 Å². The largest absolute Gasteiger partial charge is 0.493 e. The van der Waals surface area contributed by atoms with Gasteiger partial charge in [0.05, 0.1) is 24.6 Å². The van der Waals surface area contributed by atoms with Crippen LogP contribution in [-0.2, 0) is 0 Å². The minimum atomic E-state index is -0.550. The smallest absolute Gasteiger partial charge is 0.332 e. The number of benzene rings is 2. The number of halogens is 1. The molecule has 2 heterocycles. The van der Waals surface area contributed by atoms with E-state index in [0.29, 0.717) is 38.6 Å². The summed E-state index contributed by atoms with van der Waals surface area (Å²) in [6, 6.07) is 12.6. The molecule has 1 aliphatic rings. The Morgan fingerprint density at radius 1 is 1.29 bits per heavy atom. The molecule has 3 aromatic rings. The number of amides is 2. The molecule has 3 N–H and O–H groups in total. The molecule has 0 saturated carbocycles. The van der Waals surface area contributed by atoms with Crippen LogP contribution in [0.5, 0.6) is 17.2 Å². The topological polar surface area (TPSA) is 123 Å². The molecule has 2 aromatic carbocycles. The van der Waals surface area contributed by atoms with Crippen molar-refractivity contribution in [1.29, 1.82) is 5.26 Å². The van der Waals surface area contributed by atoms with E-state index in [9.17, 15) is 10.1 Å². The number of methoxy groups -OCH3 is 2. The zero-order valence-corrected chi connectivity index (χ0v) is 20.9. The van der Waals surface area contributed by atoms with E-state index in [4.69, 9.17) is 19.9 Å². The molecule has 0 bridgehead atoms. The summed E-state index contributed by atoms with van der Waals surface area (Å²) in [4.78, 5) is 16.6. The minimum absolute atomic E-state index is 0.0281. The molecule has 174 valence electrons. The quantitative estimate of drug-likeness (QED) is 0.422. The Hall–Kier alpha value is -3.62. The van der Waals surface area contributed by atoms with Crippen molar-refractivity contribution in [2.45, 2.75) is 5.92 Å². The number of nitrogens with zero attached hydrogens (tertiary/aromatic N) is 3. The first-order chi connectivity index (χ1) is 16.3. The van der Waals surface area contributed by atoms with Crippen molar-refractivity contribution in [1.82, 2.24) is 10.3 Å². The molecule has 34 heavy (non-hydrogen) atoms. The van der Waals surface area contributed by atoms with Crippen LogP contribution >= 0.6 is 28.7 Å². The molecular weight excluding hydrogens is 522 g/mol. The van der Waals surface area contributed by atoms with Gasteiger partial charge in [0, 0.05) is 18.0 Å². The average Bonchev–Trinajstić information content (AvgIpc) is 2.85. The number of aromatic nitrogens is 1. The van der Waals surface area contributed by atoms with Crippen LogP contribution in [0.25, 0.3) is 10.9 Å². The van der Waals surface area contributed by atoms with Gasteiger partial charge in [-0.1, -0.05) is 24.9 Å². The van der Waals surface area contributed by atoms with Crippen LogP contribution in [0.2, 0.25) is 0 Å². The predicted octanol–water partition coefficient (Wildman–Crippen LogP) is 4.22. The summed E-state index contributed by atoms with van der Waals surface area (Å²) in [5.74, 6) is 1.14. The van der Waals surface area contributed by atoms with E-state index >= 15 is 0 Å². The highest BCUT2D eigenvalue weighted by Gasteiger charge is 2.33. The van der Waals surface area contributed by atoms with Crippen LogP contribution in [0.3, 0.4) is 0 Å². The normalized spacial score (nSPS) is 14.6. The van der Waals surface area contributed by atoms with E-state index in [1.165, 1.54) is 14.2 Å². The van der Waals surface area contributed by atoms with Crippen LogP contribution in [0, 0.1) is 11.3 Å². The first-order valence-corrected chi connectivity index (χ1v) is 11.2.